The van der Waals surface area contributed by atoms with Crippen LogP contribution >= 0.6 is 23.2 Å². The number of carbonyl (C=O) groups is 1. The monoisotopic (exact) mass is 563 g/mol. The lowest BCUT2D eigenvalue weighted by Crippen LogP contribution is -2.39. The van der Waals surface area contributed by atoms with E-state index in [2.05, 4.69) is 10.5 Å². The van der Waals surface area contributed by atoms with Gasteiger partial charge in [-0.15, -0.1) is 0 Å². The van der Waals surface area contributed by atoms with Gasteiger partial charge in [0.05, 0.1) is 40.1 Å². The van der Waals surface area contributed by atoms with Crippen LogP contribution in [0.1, 0.15) is 25.8 Å². The summed E-state index contributed by atoms with van der Waals surface area (Å²) in [5.41, 5.74) is 3.21. The molecule has 3 aromatic carbocycles. The van der Waals surface area contributed by atoms with E-state index in [0.717, 1.165) is 10.7 Å². The van der Waals surface area contributed by atoms with Crippen LogP contribution < -0.4 is 19.2 Å². The molecule has 0 aliphatic heterocycles. The Labute approximate surface area is 226 Å². The zero-order chi connectivity index (χ0) is 26.8. The van der Waals surface area contributed by atoms with Gasteiger partial charge in [-0.3, -0.25) is 9.10 Å². The molecule has 0 aliphatic carbocycles. The Kier molecular flexibility index (Phi) is 10.2. The summed E-state index contributed by atoms with van der Waals surface area (Å²) >= 11 is 12.1. The summed E-state index contributed by atoms with van der Waals surface area (Å²) in [6.07, 6.45) is 2.29. The lowest BCUT2D eigenvalue weighted by atomic mass is 10.2. The molecule has 1 amide bonds. The SMILES string of the molecule is CCCOc1ccc(/C=N\NC(=O)CN(c2ccc(Cl)c(Cl)c2)S(=O)(=O)c2ccccc2)cc1OCC. The predicted octanol–water partition coefficient (Wildman–Crippen LogP) is 5.53. The molecule has 3 aromatic rings. The summed E-state index contributed by atoms with van der Waals surface area (Å²) < 4.78 is 39.0. The van der Waals surface area contributed by atoms with Gasteiger partial charge in [-0.1, -0.05) is 48.3 Å². The Balaban J connectivity index is 1.79. The van der Waals surface area contributed by atoms with Gasteiger partial charge in [0.25, 0.3) is 15.9 Å². The van der Waals surface area contributed by atoms with E-state index in [1.165, 1.54) is 36.5 Å². The molecular formula is C26H27Cl2N3O5S. The second kappa shape index (κ2) is 13.3. The summed E-state index contributed by atoms with van der Waals surface area (Å²) in [7, 11) is -4.09. The molecule has 0 aliphatic rings. The number of benzene rings is 3. The molecule has 0 saturated carbocycles. The van der Waals surface area contributed by atoms with Crippen molar-refractivity contribution in [3.05, 3.63) is 82.3 Å². The van der Waals surface area contributed by atoms with Crippen molar-refractivity contribution < 1.29 is 22.7 Å². The molecule has 0 aromatic heterocycles. The van der Waals surface area contributed by atoms with Crippen molar-refractivity contribution in [1.29, 1.82) is 0 Å². The molecule has 37 heavy (non-hydrogen) atoms. The van der Waals surface area contributed by atoms with E-state index in [1.54, 1.807) is 36.4 Å². The van der Waals surface area contributed by atoms with Gasteiger partial charge in [-0.25, -0.2) is 13.8 Å². The van der Waals surface area contributed by atoms with Crippen LogP contribution in [0.3, 0.4) is 0 Å². The zero-order valence-corrected chi connectivity index (χ0v) is 22.7. The van der Waals surface area contributed by atoms with E-state index in [0.29, 0.717) is 30.3 Å². The van der Waals surface area contributed by atoms with Gasteiger partial charge in [-0.05, 0) is 67.4 Å². The molecule has 0 fully saturated rings. The first-order valence-corrected chi connectivity index (χ1v) is 13.7. The highest BCUT2D eigenvalue weighted by Crippen LogP contribution is 2.31. The number of anilines is 1. The van der Waals surface area contributed by atoms with Gasteiger partial charge in [0.1, 0.15) is 6.54 Å². The van der Waals surface area contributed by atoms with E-state index in [-0.39, 0.29) is 20.6 Å². The standard InChI is InChI=1S/C26H27Cl2N3O5S/c1-3-14-36-24-13-10-19(15-25(24)35-4-2)17-29-30-26(32)18-31(20-11-12-22(27)23(28)16-20)37(33,34)21-8-6-5-7-9-21/h5-13,15-17H,3-4,14,18H2,1-2H3,(H,30,32)/b29-17-. The average molecular weight is 564 g/mol. The first kappa shape index (κ1) is 28.3. The molecule has 3 rings (SSSR count). The second-order valence-electron chi connectivity index (χ2n) is 7.70. The van der Waals surface area contributed by atoms with Gasteiger partial charge in [-0.2, -0.15) is 5.10 Å². The minimum Gasteiger partial charge on any atom is -0.490 e. The Bertz CT molecular complexity index is 1350. The Hall–Kier alpha value is -3.27. The molecule has 8 nitrogen and oxygen atoms in total. The van der Waals surface area contributed by atoms with Crippen molar-refractivity contribution in [2.75, 3.05) is 24.1 Å². The minimum atomic E-state index is -4.09. The fourth-order valence-electron chi connectivity index (χ4n) is 3.22. The number of amides is 1. The third-order valence-corrected chi connectivity index (χ3v) is 7.47. The van der Waals surface area contributed by atoms with Crippen molar-refractivity contribution >= 4 is 51.0 Å². The first-order chi connectivity index (χ1) is 17.8. The number of nitrogens with zero attached hydrogens (tertiary/aromatic N) is 2. The Morgan fingerprint density at radius 3 is 2.41 bits per heavy atom. The minimum absolute atomic E-state index is 0.0196. The summed E-state index contributed by atoms with van der Waals surface area (Å²) in [6.45, 7) is 4.36. The van der Waals surface area contributed by atoms with Crippen molar-refractivity contribution in [2.24, 2.45) is 5.10 Å². The number of carbonyl (C=O) groups excluding carboxylic acids is 1. The van der Waals surface area contributed by atoms with Crippen LogP contribution in [0.2, 0.25) is 10.0 Å². The van der Waals surface area contributed by atoms with E-state index in [4.69, 9.17) is 32.7 Å². The molecular weight excluding hydrogens is 537 g/mol. The molecule has 0 atom stereocenters. The quantitative estimate of drug-likeness (QED) is 0.231. The number of ether oxygens (including phenoxy) is 2. The topological polar surface area (TPSA) is 97.3 Å². The lowest BCUT2D eigenvalue weighted by Gasteiger charge is -2.24. The van der Waals surface area contributed by atoms with E-state index >= 15 is 0 Å². The molecule has 0 unspecified atom stereocenters. The molecule has 0 saturated heterocycles. The maximum absolute atomic E-state index is 13.4. The lowest BCUT2D eigenvalue weighted by molar-refractivity contribution is -0.119. The highest BCUT2D eigenvalue weighted by atomic mass is 35.5. The fourth-order valence-corrected chi connectivity index (χ4v) is 4.95. The van der Waals surface area contributed by atoms with Crippen LogP contribution in [-0.4, -0.2) is 40.3 Å². The van der Waals surface area contributed by atoms with Gasteiger partial charge in [0, 0.05) is 0 Å². The van der Waals surface area contributed by atoms with Crippen LogP contribution in [0.25, 0.3) is 0 Å². The Morgan fingerprint density at radius 2 is 1.73 bits per heavy atom. The largest absolute Gasteiger partial charge is 0.490 e. The highest BCUT2D eigenvalue weighted by molar-refractivity contribution is 7.92. The second-order valence-corrected chi connectivity index (χ2v) is 10.4. The van der Waals surface area contributed by atoms with Gasteiger partial charge in [0.15, 0.2) is 11.5 Å². The number of hydrogen-bond donors (Lipinski definition) is 1. The summed E-state index contributed by atoms with van der Waals surface area (Å²) in [5, 5.41) is 4.39. The highest BCUT2D eigenvalue weighted by Gasteiger charge is 2.27. The Morgan fingerprint density at radius 1 is 0.973 bits per heavy atom. The summed E-state index contributed by atoms with van der Waals surface area (Å²) in [4.78, 5) is 12.8. The van der Waals surface area contributed by atoms with Crippen LogP contribution in [0.5, 0.6) is 11.5 Å². The molecule has 196 valence electrons. The van der Waals surface area contributed by atoms with Gasteiger partial charge in [0.2, 0.25) is 0 Å². The normalized spacial score (nSPS) is 11.4. The first-order valence-electron chi connectivity index (χ1n) is 11.5. The number of sulfonamides is 1. The van der Waals surface area contributed by atoms with Gasteiger partial charge >= 0.3 is 0 Å². The van der Waals surface area contributed by atoms with Crippen molar-refractivity contribution in [3.8, 4) is 11.5 Å². The summed E-state index contributed by atoms with van der Waals surface area (Å²) in [6, 6.07) is 17.4. The van der Waals surface area contributed by atoms with Crippen LogP contribution in [0, 0.1) is 0 Å². The predicted molar refractivity (Wildman–Crippen MR) is 147 cm³/mol. The smallest absolute Gasteiger partial charge is 0.264 e. The third-order valence-electron chi connectivity index (χ3n) is 4.94. The zero-order valence-electron chi connectivity index (χ0n) is 20.4. The molecule has 0 spiro atoms. The maximum Gasteiger partial charge on any atom is 0.264 e. The summed E-state index contributed by atoms with van der Waals surface area (Å²) in [5.74, 6) is 0.522. The van der Waals surface area contributed by atoms with Crippen LogP contribution in [0.4, 0.5) is 5.69 Å². The van der Waals surface area contributed by atoms with E-state index in [9.17, 15) is 13.2 Å². The van der Waals surface area contributed by atoms with E-state index in [1.807, 2.05) is 13.8 Å². The number of rotatable bonds is 12. The molecule has 0 radical (unpaired) electrons. The average Bonchev–Trinajstić information content (AvgIpc) is 2.89. The fraction of sp³-hybridized carbons (Fsp3) is 0.231. The van der Waals surface area contributed by atoms with Crippen LogP contribution in [-0.2, 0) is 14.8 Å². The molecule has 0 heterocycles. The van der Waals surface area contributed by atoms with Gasteiger partial charge < -0.3 is 9.47 Å². The number of nitrogens with one attached hydrogen (secondary N) is 1. The molecule has 0 bridgehead atoms. The molecule has 11 heteroatoms. The maximum atomic E-state index is 13.4. The van der Waals surface area contributed by atoms with Crippen molar-refractivity contribution in [3.63, 3.8) is 0 Å². The van der Waals surface area contributed by atoms with Crippen LogP contribution in [0.15, 0.2) is 76.7 Å². The van der Waals surface area contributed by atoms with Crippen molar-refractivity contribution in [2.45, 2.75) is 25.2 Å². The third kappa shape index (κ3) is 7.61. The number of halogens is 2. The van der Waals surface area contributed by atoms with E-state index < -0.39 is 22.5 Å². The number of hydrazone groups is 1. The molecule has 1 N–H and O–H groups in total. The number of hydrogen-bond acceptors (Lipinski definition) is 6. The van der Waals surface area contributed by atoms with Crippen molar-refractivity contribution in [1.82, 2.24) is 5.43 Å².